The van der Waals surface area contributed by atoms with Gasteiger partial charge in [-0.3, -0.25) is 0 Å². The van der Waals surface area contributed by atoms with Crippen molar-refractivity contribution in [1.29, 1.82) is 5.26 Å². The van der Waals surface area contributed by atoms with E-state index in [-0.39, 0.29) is 5.92 Å². The minimum atomic E-state index is -0.0428. The molecule has 0 spiro atoms. The van der Waals surface area contributed by atoms with Crippen LogP contribution in [0.1, 0.15) is 13.8 Å². The number of nitrogens with zero attached hydrogens (tertiary/aromatic N) is 4. The smallest absolute Gasteiger partial charge is 0.139 e. The van der Waals surface area contributed by atoms with Gasteiger partial charge < -0.3 is 10.6 Å². The zero-order chi connectivity index (χ0) is 13.8. The Morgan fingerprint density at radius 1 is 1.42 bits per heavy atom. The largest absolute Gasteiger partial charge is 0.399 e. The average Bonchev–Trinajstić information content (AvgIpc) is 2.43. The fourth-order valence-corrected chi connectivity index (χ4v) is 2.05. The molecule has 19 heavy (non-hydrogen) atoms. The molecule has 5 nitrogen and oxygen atoms in total. The molecule has 0 saturated heterocycles. The summed E-state index contributed by atoms with van der Waals surface area (Å²) in [6.07, 6.45) is 1.54. The van der Waals surface area contributed by atoms with Gasteiger partial charge in [-0.2, -0.15) is 5.26 Å². The van der Waals surface area contributed by atoms with Crippen molar-refractivity contribution in [2.75, 3.05) is 23.7 Å². The summed E-state index contributed by atoms with van der Waals surface area (Å²) in [4.78, 5) is 10.7. The van der Waals surface area contributed by atoms with Crippen molar-refractivity contribution < 1.29 is 0 Å². The van der Waals surface area contributed by atoms with Gasteiger partial charge in [-0.25, -0.2) is 9.97 Å². The van der Waals surface area contributed by atoms with E-state index in [4.69, 9.17) is 11.0 Å². The van der Waals surface area contributed by atoms with E-state index in [0.717, 1.165) is 23.3 Å². The van der Waals surface area contributed by atoms with Crippen LogP contribution >= 0.6 is 0 Å². The summed E-state index contributed by atoms with van der Waals surface area (Å²) in [5.41, 5.74) is 7.28. The number of nitrogens with two attached hydrogens (primary N) is 1. The zero-order valence-corrected chi connectivity index (χ0v) is 11.2. The standard InChI is InChI=1S/C14H17N5/c1-3-19(8-10(2)7-15)14-12-5-4-11(16)6-13(12)17-9-18-14/h4-6,9-10H,3,8,16H2,1-2H3. The molecule has 1 unspecified atom stereocenters. The van der Waals surface area contributed by atoms with Crippen molar-refractivity contribution in [2.24, 2.45) is 5.92 Å². The van der Waals surface area contributed by atoms with E-state index in [9.17, 15) is 0 Å². The molecule has 0 aliphatic carbocycles. The second-order valence-electron chi connectivity index (χ2n) is 4.54. The molecule has 0 saturated carbocycles. The normalized spacial score (nSPS) is 12.1. The van der Waals surface area contributed by atoms with E-state index in [1.54, 1.807) is 0 Å². The van der Waals surface area contributed by atoms with Gasteiger partial charge in [0.25, 0.3) is 0 Å². The van der Waals surface area contributed by atoms with E-state index in [0.29, 0.717) is 12.2 Å². The van der Waals surface area contributed by atoms with Crippen LogP contribution in [0.3, 0.4) is 0 Å². The third-order valence-corrected chi connectivity index (χ3v) is 3.04. The van der Waals surface area contributed by atoms with Crippen LogP contribution in [0.5, 0.6) is 0 Å². The number of nitrogen functional groups attached to an aromatic ring is 1. The molecule has 2 aromatic rings. The lowest BCUT2D eigenvalue weighted by molar-refractivity contribution is 0.681. The van der Waals surface area contributed by atoms with Gasteiger partial charge in [-0.15, -0.1) is 0 Å². The highest BCUT2D eigenvalue weighted by Crippen LogP contribution is 2.24. The summed E-state index contributed by atoms with van der Waals surface area (Å²) in [7, 11) is 0. The first-order chi connectivity index (χ1) is 9.15. The number of rotatable bonds is 4. The Morgan fingerprint density at radius 2 is 2.21 bits per heavy atom. The lowest BCUT2D eigenvalue weighted by Gasteiger charge is -2.24. The number of benzene rings is 1. The number of hydrogen-bond donors (Lipinski definition) is 1. The van der Waals surface area contributed by atoms with Crippen LogP contribution in [-0.4, -0.2) is 23.1 Å². The number of hydrogen-bond acceptors (Lipinski definition) is 5. The summed E-state index contributed by atoms with van der Waals surface area (Å²) >= 11 is 0. The van der Waals surface area contributed by atoms with E-state index in [1.165, 1.54) is 6.33 Å². The molecule has 0 radical (unpaired) electrons. The molecule has 5 heteroatoms. The Morgan fingerprint density at radius 3 is 2.89 bits per heavy atom. The highest BCUT2D eigenvalue weighted by molar-refractivity contribution is 5.91. The van der Waals surface area contributed by atoms with Crippen LogP contribution in [0.25, 0.3) is 10.9 Å². The SMILES string of the molecule is CCN(CC(C)C#N)c1ncnc2cc(N)ccc12. The molecule has 0 fully saturated rings. The lowest BCUT2D eigenvalue weighted by Crippen LogP contribution is -2.28. The summed E-state index contributed by atoms with van der Waals surface area (Å²) in [6.45, 7) is 5.41. The molecule has 1 heterocycles. The minimum Gasteiger partial charge on any atom is -0.399 e. The van der Waals surface area contributed by atoms with Crippen molar-refractivity contribution in [3.63, 3.8) is 0 Å². The highest BCUT2D eigenvalue weighted by Gasteiger charge is 2.13. The van der Waals surface area contributed by atoms with Gasteiger partial charge in [0.1, 0.15) is 12.1 Å². The summed E-state index contributed by atoms with van der Waals surface area (Å²) < 4.78 is 0. The van der Waals surface area contributed by atoms with Gasteiger partial charge in [0.15, 0.2) is 0 Å². The predicted molar refractivity (Wildman–Crippen MR) is 76.6 cm³/mol. The van der Waals surface area contributed by atoms with Crippen LogP contribution in [0, 0.1) is 17.2 Å². The zero-order valence-electron chi connectivity index (χ0n) is 11.2. The molecular weight excluding hydrogens is 238 g/mol. The Balaban J connectivity index is 2.46. The van der Waals surface area contributed by atoms with E-state index in [2.05, 4.69) is 27.9 Å². The van der Waals surface area contributed by atoms with Crippen LogP contribution in [-0.2, 0) is 0 Å². The molecule has 2 N–H and O–H groups in total. The van der Waals surface area contributed by atoms with Gasteiger partial charge in [0, 0.05) is 24.2 Å². The van der Waals surface area contributed by atoms with Crippen molar-refractivity contribution in [3.05, 3.63) is 24.5 Å². The summed E-state index contributed by atoms with van der Waals surface area (Å²) in [5.74, 6) is 0.813. The summed E-state index contributed by atoms with van der Waals surface area (Å²) in [6, 6.07) is 7.86. The second kappa shape index (κ2) is 5.53. The Hall–Kier alpha value is -2.35. The van der Waals surface area contributed by atoms with Gasteiger partial charge >= 0.3 is 0 Å². The first kappa shape index (κ1) is 13.1. The Bertz CT molecular complexity index is 617. The minimum absolute atomic E-state index is 0.0428. The average molecular weight is 255 g/mol. The van der Waals surface area contributed by atoms with E-state index in [1.807, 2.05) is 25.1 Å². The molecule has 1 atom stereocenters. The first-order valence-electron chi connectivity index (χ1n) is 6.30. The van der Waals surface area contributed by atoms with Gasteiger partial charge in [-0.1, -0.05) is 0 Å². The number of fused-ring (bicyclic) bond motifs is 1. The Labute approximate surface area is 112 Å². The molecular formula is C14H17N5. The molecule has 98 valence electrons. The van der Waals surface area contributed by atoms with Gasteiger partial charge in [-0.05, 0) is 32.0 Å². The maximum Gasteiger partial charge on any atom is 0.139 e. The van der Waals surface area contributed by atoms with Crippen molar-refractivity contribution in [2.45, 2.75) is 13.8 Å². The second-order valence-corrected chi connectivity index (χ2v) is 4.54. The quantitative estimate of drug-likeness (QED) is 0.847. The molecule has 0 bridgehead atoms. The van der Waals surface area contributed by atoms with Crippen LogP contribution in [0.2, 0.25) is 0 Å². The van der Waals surface area contributed by atoms with Gasteiger partial charge in [0.05, 0.1) is 17.5 Å². The first-order valence-corrected chi connectivity index (χ1v) is 6.30. The number of anilines is 2. The third kappa shape index (κ3) is 2.74. The van der Waals surface area contributed by atoms with Gasteiger partial charge in [0.2, 0.25) is 0 Å². The fourth-order valence-electron chi connectivity index (χ4n) is 2.05. The maximum atomic E-state index is 8.95. The maximum absolute atomic E-state index is 8.95. The van der Waals surface area contributed by atoms with Crippen LogP contribution in [0.4, 0.5) is 11.5 Å². The molecule has 0 aliphatic heterocycles. The fraction of sp³-hybridized carbons (Fsp3) is 0.357. The molecule has 1 aromatic heterocycles. The number of aromatic nitrogens is 2. The van der Waals surface area contributed by atoms with E-state index < -0.39 is 0 Å². The van der Waals surface area contributed by atoms with Crippen molar-refractivity contribution >= 4 is 22.4 Å². The predicted octanol–water partition coefficient (Wildman–Crippen LogP) is 2.20. The molecule has 0 aliphatic rings. The molecule has 2 rings (SSSR count). The van der Waals surface area contributed by atoms with Crippen molar-refractivity contribution in [3.8, 4) is 6.07 Å². The monoisotopic (exact) mass is 255 g/mol. The third-order valence-electron chi connectivity index (χ3n) is 3.04. The Kier molecular flexibility index (Phi) is 3.81. The van der Waals surface area contributed by atoms with Crippen LogP contribution < -0.4 is 10.6 Å². The molecule has 1 aromatic carbocycles. The number of nitriles is 1. The summed E-state index contributed by atoms with van der Waals surface area (Å²) in [5, 5.41) is 9.91. The van der Waals surface area contributed by atoms with Crippen LogP contribution in [0.15, 0.2) is 24.5 Å². The highest BCUT2D eigenvalue weighted by atomic mass is 15.2. The van der Waals surface area contributed by atoms with E-state index >= 15 is 0 Å². The topological polar surface area (TPSA) is 78.8 Å². The molecule has 0 amide bonds. The van der Waals surface area contributed by atoms with Crippen molar-refractivity contribution in [1.82, 2.24) is 9.97 Å². The lowest BCUT2D eigenvalue weighted by atomic mass is 10.1.